The Labute approximate surface area is 139 Å². The Balaban J connectivity index is 1.86. The molecule has 1 N–H and O–H groups in total. The highest BCUT2D eigenvalue weighted by Crippen LogP contribution is 2.28. The maximum absolute atomic E-state index is 5.51. The molecule has 0 saturated carbocycles. The van der Waals surface area contributed by atoms with Crippen LogP contribution in [-0.2, 0) is 13.6 Å². The van der Waals surface area contributed by atoms with Gasteiger partial charge in [-0.25, -0.2) is 4.98 Å². The molecule has 1 aromatic carbocycles. The Kier molecular flexibility index (Phi) is 4.81. The Hall–Kier alpha value is -1.37. The molecule has 1 aromatic heterocycles. The Morgan fingerprint density at radius 1 is 1.45 bits per heavy atom. The van der Waals surface area contributed by atoms with Crippen molar-refractivity contribution in [3.63, 3.8) is 0 Å². The third-order valence-electron chi connectivity index (χ3n) is 4.13. The van der Waals surface area contributed by atoms with Crippen molar-refractivity contribution in [1.29, 1.82) is 0 Å². The van der Waals surface area contributed by atoms with E-state index in [0.29, 0.717) is 0 Å². The zero-order valence-electron chi connectivity index (χ0n) is 12.9. The van der Waals surface area contributed by atoms with Crippen LogP contribution >= 0.6 is 15.9 Å². The van der Waals surface area contributed by atoms with Crippen LogP contribution in [0.3, 0.4) is 0 Å². The van der Waals surface area contributed by atoms with Gasteiger partial charge in [0.2, 0.25) is 0 Å². The van der Waals surface area contributed by atoms with Crippen molar-refractivity contribution in [2.75, 3.05) is 26.7 Å². The zero-order valence-corrected chi connectivity index (χ0v) is 14.5. The first kappa shape index (κ1) is 15.5. The fourth-order valence-electron chi connectivity index (χ4n) is 2.98. The summed E-state index contributed by atoms with van der Waals surface area (Å²) < 4.78 is 8.68. The third-order valence-corrected chi connectivity index (χ3v) is 4.62. The van der Waals surface area contributed by atoms with Crippen molar-refractivity contribution in [3.05, 3.63) is 46.5 Å². The highest BCUT2D eigenvalue weighted by atomic mass is 79.9. The van der Waals surface area contributed by atoms with Gasteiger partial charge in [-0.3, -0.25) is 4.90 Å². The Morgan fingerprint density at radius 2 is 2.32 bits per heavy atom. The molecule has 1 saturated heterocycles. The smallest absolute Gasteiger partial charge is 0.127 e. The second-order valence-corrected chi connectivity index (χ2v) is 6.46. The number of nitrogens with zero attached hydrogens (tertiary/aromatic N) is 3. The number of aryl methyl sites for hydroxylation is 1. The van der Waals surface area contributed by atoms with E-state index >= 15 is 0 Å². The zero-order chi connectivity index (χ0) is 15.5. The average molecular weight is 365 g/mol. The fourth-order valence-corrected chi connectivity index (χ4v) is 3.39. The monoisotopic (exact) mass is 364 g/mol. The summed E-state index contributed by atoms with van der Waals surface area (Å²) in [5.41, 5.74) is 1.19. The topological polar surface area (TPSA) is 42.3 Å². The lowest BCUT2D eigenvalue weighted by Gasteiger charge is -2.36. The molecule has 1 atom stereocenters. The molecular formula is C16H21BrN4O. The molecule has 3 rings (SSSR count). The first-order chi connectivity index (χ1) is 10.7. The molecular weight excluding hydrogens is 344 g/mol. The predicted molar refractivity (Wildman–Crippen MR) is 89.9 cm³/mol. The quantitative estimate of drug-likeness (QED) is 0.903. The molecule has 5 nitrogen and oxygen atoms in total. The van der Waals surface area contributed by atoms with Crippen LogP contribution in [0.1, 0.15) is 17.4 Å². The van der Waals surface area contributed by atoms with Gasteiger partial charge in [-0.1, -0.05) is 15.9 Å². The molecule has 1 fully saturated rings. The molecule has 6 heteroatoms. The highest BCUT2D eigenvalue weighted by Gasteiger charge is 2.27. The van der Waals surface area contributed by atoms with Crippen molar-refractivity contribution < 1.29 is 4.74 Å². The normalized spacial score (nSPS) is 19.3. The summed E-state index contributed by atoms with van der Waals surface area (Å²) >= 11 is 3.55. The van der Waals surface area contributed by atoms with E-state index in [0.717, 1.165) is 42.2 Å². The number of benzene rings is 1. The van der Waals surface area contributed by atoms with Crippen LogP contribution in [0.15, 0.2) is 35.1 Å². The Morgan fingerprint density at radius 3 is 3.05 bits per heavy atom. The number of halogens is 1. The number of methoxy groups -OCH3 is 1. The van der Waals surface area contributed by atoms with Gasteiger partial charge in [-0.2, -0.15) is 0 Å². The van der Waals surface area contributed by atoms with Gasteiger partial charge in [0.1, 0.15) is 11.6 Å². The SMILES string of the molecule is COc1ccc(Br)cc1CN1CCNCC1c1nccn1C. The van der Waals surface area contributed by atoms with E-state index in [2.05, 4.69) is 48.8 Å². The van der Waals surface area contributed by atoms with E-state index in [-0.39, 0.29) is 6.04 Å². The van der Waals surface area contributed by atoms with Gasteiger partial charge in [0.25, 0.3) is 0 Å². The van der Waals surface area contributed by atoms with Crippen LogP contribution in [0.4, 0.5) is 0 Å². The van der Waals surface area contributed by atoms with Crippen LogP contribution < -0.4 is 10.1 Å². The second-order valence-electron chi connectivity index (χ2n) is 5.54. The molecule has 0 aliphatic carbocycles. The van der Waals surface area contributed by atoms with E-state index in [1.54, 1.807) is 7.11 Å². The molecule has 118 valence electrons. The minimum absolute atomic E-state index is 0.275. The van der Waals surface area contributed by atoms with E-state index in [1.165, 1.54) is 5.56 Å². The standard InChI is InChI=1S/C16H21BrN4O/c1-20-7-6-19-16(20)14-10-18-5-8-21(14)11-12-9-13(17)3-4-15(12)22-2/h3-4,6-7,9,14,18H,5,8,10-11H2,1-2H3. The molecule has 2 aromatic rings. The number of piperazine rings is 1. The summed E-state index contributed by atoms with van der Waals surface area (Å²) in [5.74, 6) is 2.03. The highest BCUT2D eigenvalue weighted by molar-refractivity contribution is 9.10. The van der Waals surface area contributed by atoms with Crippen LogP contribution in [-0.4, -0.2) is 41.2 Å². The van der Waals surface area contributed by atoms with E-state index in [1.807, 2.05) is 24.5 Å². The molecule has 22 heavy (non-hydrogen) atoms. The lowest BCUT2D eigenvalue weighted by molar-refractivity contribution is 0.143. The maximum atomic E-state index is 5.51. The number of rotatable bonds is 4. The average Bonchev–Trinajstić information content (AvgIpc) is 2.94. The van der Waals surface area contributed by atoms with Gasteiger partial charge in [0, 0.05) is 55.7 Å². The van der Waals surface area contributed by atoms with Crippen molar-refractivity contribution in [2.24, 2.45) is 7.05 Å². The van der Waals surface area contributed by atoms with E-state index in [4.69, 9.17) is 4.74 Å². The summed E-state index contributed by atoms with van der Waals surface area (Å²) in [6, 6.07) is 6.43. The summed E-state index contributed by atoms with van der Waals surface area (Å²) in [4.78, 5) is 6.99. The number of aromatic nitrogens is 2. The minimum Gasteiger partial charge on any atom is -0.496 e. The van der Waals surface area contributed by atoms with E-state index in [9.17, 15) is 0 Å². The summed E-state index contributed by atoms with van der Waals surface area (Å²) in [5, 5.41) is 3.47. The fraction of sp³-hybridized carbons (Fsp3) is 0.438. The minimum atomic E-state index is 0.275. The van der Waals surface area contributed by atoms with Gasteiger partial charge < -0.3 is 14.6 Å². The third kappa shape index (κ3) is 3.19. The molecule has 0 bridgehead atoms. The van der Waals surface area contributed by atoms with Gasteiger partial charge in [-0.15, -0.1) is 0 Å². The number of ether oxygens (including phenoxy) is 1. The largest absolute Gasteiger partial charge is 0.496 e. The van der Waals surface area contributed by atoms with Gasteiger partial charge in [0.15, 0.2) is 0 Å². The first-order valence-corrected chi connectivity index (χ1v) is 8.22. The van der Waals surface area contributed by atoms with Gasteiger partial charge in [0.05, 0.1) is 13.2 Å². The van der Waals surface area contributed by atoms with Crippen LogP contribution in [0.5, 0.6) is 5.75 Å². The molecule has 2 heterocycles. The number of nitrogens with one attached hydrogen (secondary N) is 1. The van der Waals surface area contributed by atoms with Crippen LogP contribution in [0.2, 0.25) is 0 Å². The summed E-state index contributed by atoms with van der Waals surface area (Å²) in [6.07, 6.45) is 3.86. The number of hydrogen-bond donors (Lipinski definition) is 1. The molecule has 1 aliphatic rings. The lowest BCUT2D eigenvalue weighted by atomic mass is 10.1. The van der Waals surface area contributed by atoms with Crippen molar-refractivity contribution in [1.82, 2.24) is 19.8 Å². The Bertz CT molecular complexity index is 643. The maximum Gasteiger partial charge on any atom is 0.127 e. The van der Waals surface area contributed by atoms with E-state index < -0.39 is 0 Å². The van der Waals surface area contributed by atoms with Crippen molar-refractivity contribution >= 4 is 15.9 Å². The molecule has 0 amide bonds. The molecule has 0 radical (unpaired) electrons. The summed E-state index contributed by atoms with van der Waals surface area (Å²) in [7, 11) is 3.77. The second kappa shape index (κ2) is 6.81. The van der Waals surface area contributed by atoms with Crippen molar-refractivity contribution in [3.8, 4) is 5.75 Å². The molecule has 1 aliphatic heterocycles. The number of imidazole rings is 1. The molecule has 1 unspecified atom stereocenters. The van der Waals surface area contributed by atoms with Crippen LogP contribution in [0, 0.1) is 0 Å². The number of hydrogen-bond acceptors (Lipinski definition) is 4. The predicted octanol–water partition coefficient (Wildman–Crippen LogP) is 2.34. The molecule has 0 spiro atoms. The van der Waals surface area contributed by atoms with Crippen LogP contribution in [0.25, 0.3) is 0 Å². The van der Waals surface area contributed by atoms with Gasteiger partial charge >= 0.3 is 0 Å². The first-order valence-electron chi connectivity index (χ1n) is 7.43. The van der Waals surface area contributed by atoms with Gasteiger partial charge in [-0.05, 0) is 18.2 Å². The van der Waals surface area contributed by atoms with Crippen molar-refractivity contribution in [2.45, 2.75) is 12.6 Å². The lowest BCUT2D eigenvalue weighted by Crippen LogP contribution is -2.46. The summed E-state index contributed by atoms with van der Waals surface area (Å²) in [6.45, 7) is 3.76.